The van der Waals surface area contributed by atoms with E-state index in [1.165, 1.54) is 52.1 Å². The number of carbonyl (C=O) groups is 1. The maximum atomic E-state index is 11.3. The number of esters is 1. The van der Waals surface area contributed by atoms with Crippen molar-refractivity contribution in [2.45, 2.75) is 51.9 Å². The molecule has 1 atom stereocenters. The second-order valence-corrected chi connectivity index (χ2v) is 5.95. The molecule has 122 valence electrons. The summed E-state index contributed by atoms with van der Waals surface area (Å²) in [5, 5.41) is 6.47. The standard InChI is InChI=1S/C16H31N3O2/c1-13(15(20)21-3)12-19-16(17-2)18-11-7-10-14-8-5-4-6-9-14/h13-14H,4-12H2,1-3H3,(H2,17,18,19). The molecule has 21 heavy (non-hydrogen) atoms. The lowest BCUT2D eigenvalue weighted by Crippen LogP contribution is -2.41. The average Bonchev–Trinajstić information content (AvgIpc) is 2.54. The largest absolute Gasteiger partial charge is 0.469 e. The van der Waals surface area contributed by atoms with Gasteiger partial charge in [-0.25, -0.2) is 0 Å². The van der Waals surface area contributed by atoms with Crippen LogP contribution in [0.5, 0.6) is 0 Å². The van der Waals surface area contributed by atoms with Crippen molar-refractivity contribution >= 4 is 11.9 Å². The van der Waals surface area contributed by atoms with Gasteiger partial charge in [0.1, 0.15) is 0 Å². The molecule has 5 heteroatoms. The molecule has 0 heterocycles. The molecular weight excluding hydrogens is 266 g/mol. The molecule has 5 nitrogen and oxygen atoms in total. The lowest BCUT2D eigenvalue weighted by molar-refractivity contribution is -0.144. The first-order chi connectivity index (χ1) is 10.2. The highest BCUT2D eigenvalue weighted by Crippen LogP contribution is 2.26. The highest BCUT2D eigenvalue weighted by Gasteiger charge is 2.14. The monoisotopic (exact) mass is 297 g/mol. The molecule has 1 unspecified atom stereocenters. The third-order valence-electron chi connectivity index (χ3n) is 4.21. The zero-order valence-corrected chi connectivity index (χ0v) is 13.8. The summed E-state index contributed by atoms with van der Waals surface area (Å²) in [6.07, 6.45) is 9.54. The number of nitrogens with zero attached hydrogens (tertiary/aromatic N) is 1. The van der Waals surface area contributed by atoms with E-state index < -0.39 is 0 Å². The van der Waals surface area contributed by atoms with Gasteiger partial charge in [-0.3, -0.25) is 9.79 Å². The molecule has 1 fully saturated rings. The van der Waals surface area contributed by atoms with Crippen molar-refractivity contribution in [2.24, 2.45) is 16.8 Å². The van der Waals surface area contributed by atoms with E-state index in [0.717, 1.165) is 18.4 Å². The van der Waals surface area contributed by atoms with Crippen LogP contribution in [0, 0.1) is 11.8 Å². The Labute approximate surface area is 128 Å². The lowest BCUT2D eigenvalue weighted by Gasteiger charge is -2.21. The van der Waals surface area contributed by atoms with Crippen LogP contribution in [0.2, 0.25) is 0 Å². The minimum Gasteiger partial charge on any atom is -0.469 e. The molecule has 0 aromatic rings. The molecule has 2 N–H and O–H groups in total. The fourth-order valence-electron chi connectivity index (χ4n) is 2.83. The maximum absolute atomic E-state index is 11.3. The lowest BCUT2D eigenvalue weighted by atomic mass is 9.86. The van der Waals surface area contributed by atoms with E-state index in [2.05, 4.69) is 15.6 Å². The fraction of sp³-hybridized carbons (Fsp3) is 0.875. The van der Waals surface area contributed by atoms with Gasteiger partial charge >= 0.3 is 5.97 Å². The average molecular weight is 297 g/mol. The summed E-state index contributed by atoms with van der Waals surface area (Å²) in [6, 6.07) is 0. The van der Waals surface area contributed by atoms with Crippen LogP contribution in [0.25, 0.3) is 0 Å². The topological polar surface area (TPSA) is 62.7 Å². The molecule has 0 amide bonds. The quantitative estimate of drug-likeness (QED) is 0.328. The van der Waals surface area contributed by atoms with Crippen molar-refractivity contribution < 1.29 is 9.53 Å². The summed E-state index contributed by atoms with van der Waals surface area (Å²) in [6.45, 7) is 3.31. The molecule has 0 spiro atoms. The van der Waals surface area contributed by atoms with Crippen molar-refractivity contribution in [3.63, 3.8) is 0 Å². The summed E-state index contributed by atoms with van der Waals surface area (Å²) in [5.41, 5.74) is 0. The van der Waals surface area contributed by atoms with Gasteiger partial charge in [0, 0.05) is 20.1 Å². The third-order valence-corrected chi connectivity index (χ3v) is 4.21. The zero-order chi connectivity index (χ0) is 15.5. The van der Waals surface area contributed by atoms with E-state index in [0.29, 0.717) is 6.54 Å². The summed E-state index contributed by atoms with van der Waals surface area (Å²) >= 11 is 0. The highest BCUT2D eigenvalue weighted by molar-refractivity contribution is 5.80. The number of rotatable bonds is 7. The summed E-state index contributed by atoms with van der Waals surface area (Å²) in [4.78, 5) is 15.5. The third kappa shape index (κ3) is 7.34. The SMILES string of the molecule is CN=C(NCCCC1CCCCC1)NCC(C)C(=O)OC. The number of carbonyl (C=O) groups excluding carboxylic acids is 1. The Kier molecular flexibility index (Phi) is 8.87. The van der Waals surface area contributed by atoms with Crippen LogP contribution >= 0.6 is 0 Å². The Balaban J connectivity index is 2.12. The summed E-state index contributed by atoms with van der Waals surface area (Å²) in [7, 11) is 3.16. The van der Waals surface area contributed by atoms with Crippen LogP contribution in [-0.2, 0) is 9.53 Å². The molecule has 0 aliphatic heterocycles. The number of nitrogens with one attached hydrogen (secondary N) is 2. The molecule has 0 bridgehead atoms. The van der Waals surface area contributed by atoms with Crippen molar-refractivity contribution in [3.05, 3.63) is 0 Å². The molecular formula is C16H31N3O2. The first-order valence-electron chi connectivity index (χ1n) is 8.19. The van der Waals surface area contributed by atoms with Crippen LogP contribution in [0.3, 0.4) is 0 Å². The Morgan fingerprint density at radius 3 is 2.62 bits per heavy atom. The number of hydrogen-bond acceptors (Lipinski definition) is 3. The Bertz CT molecular complexity index is 325. The van der Waals surface area contributed by atoms with Crippen molar-refractivity contribution in [1.82, 2.24) is 10.6 Å². The highest BCUT2D eigenvalue weighted by atomic mass is 16.5. The van der Waals surface area contributed by atoms with Crippen molar-refractivity contribution in [3.8, 4) is 0 Å². The second kappa shape index (κ2) is 10.5. The van der Waals surface area contributed by atoms with Crippen LogP contribution in [0.1, 0.15) is 51.9 Å². The van der Waals surface area contributed by atoms with Gasteiger partial charge in [-0.15, -0.1) is 0 Å². The van der Waals surface area contributed by atoms with E-state index in [1.54, 1.807) is 7.05 Å². The number of hydrogen-bond donors (Lipinski definition) is 2. The molecule has 1 rings (SSSR count). The van der Waals surface area contributed by atoms with Gasteiger partial charge in [-0.05, 0) is 18.8 Å². The second-order valence-electron chi connectivity index (χ2n) is 5.95. The van der Waals surface area contributed by atoms with Crippen molar-refractivity contribution in [1.29, 1.82) is 0 Å². The zero-order valence-electron chi connectivity index (χ0n) is 13.8. The van der Waals surface area contributed by atoms with Gasteiger partial charge < -0.3 is 15.4 Å². The van der Waals surface area contributed by atoms with Gasteiger partial charge in [0.25, 0.3) is 0 Å². The van der Waals surface area contributed by atoms with Crippen LogP contribution in [0.4, 0.5) is 0 Å². The minimum atomic E-state index is -0.199. The Morgan fingerprint density at radius 1 is 1.29 bits per heavy atom. The number of ether oxygens (including phenoxy) is 1. The molecule has 0 radical (unpaired) electrons. The van der Waals surface area contributed by atoms with Gasteiger partial charge in [0.2, 0.25) is 0 Å². The number of methoxy groups -OCH3 is 1. The summed E-state index contributed by atoms with van der Waals surface area (Å²) < 4.78 is 4.70. The van der Waals surface area contributed by atoms with Gasteiger partial charge in [-0.1, -0.05) is 39.0 Å². The molecule has 0 aromatic carbocycles. The van der Waals surface area contributed by atoms with Crippen LogP contribution in [-0.4, -0.2) is 39.2 Å². The summed E-state index contributed by atoms with van der Waals surface area (Å²) in [5.74, 6) is 1.32. The van der Waals surface area contributed by atoms with Gasteiger partial charge in [0.15, 0.2) is 5.96 Å². The Morgan fingerprint density at radius 2 is 2.00 bits per heavy atom. The van der Waals surface area contributed by atoms with Gasteiger partial charge in [0.05, 0.1) is 13.0 Å². The van der Waals surface area contributed by atoms with E-state index >= 15 is 0 Å². The Hall–Kier alpha value is -1.26. The molecule has 1 aliphatic rings. The van der Waals surface area contributed by atoms with E-state index in [9.17, 15) is 4.79 Å². The normalized spacial score (nSPS) is 18.1. The minimum absolute atomic E-state index is 0.171. The molecule has 0 aromatic heterocycles. The van der Waals surface area contributed by atoms with E-state index in [-0.39, 0.29) is 11.9 Å². The van der Waals surface area contributed by atoms with E-state index in [4.69, 9.17) is 4.74 Å². The first kappa shape index (κ1) is 17.8. The molecule has 1 saturated carbocycles. The smallest absolute Gasteiger partial charge is 0.310 e. The predicted molar refractivity (Wildman–Crippen MR) is 86.4 cm³/mol. The van der Waals surface area contributed by atoms with E-state index in [1.807, 2.05) is 6.92 Å². The van der Waals surface area contributed by atoms with Crippen LogP contribution in [0.15, 0.2) is 4.99 Å². The molecule has 0 saturated heterocycles. The van der Waals surface area contributed by atoms with Gasteiger partial charge in [-0.2, -0.15) is 0 Å². The van der Waals surface area contributed by atoms with Crippen LogP contribution < -0.4 is 10.6 Å². The number of guanidine groups is 1. The maximum Gasteiger partial charge on any atom is 0.310 e. The van der Waals surface area contributed by atoms with Crippen molar-refractivity contribution in [2.75, 3.05) is 27.2 Å². The first-order valence-corrected chi connectivity index (χ1v) is 8.19. The fourth-order valence-corrected chi connectivity index (χ4v) is 2.83. The molecule has 1 aliphatic carbocycles. The number of aliphatic imine (C=N–C) groups is 1. The predicted octanol–water partition coefficient (Wildman–Crippen LogP) is 2.32.